The summed E-state index contributed by atoms with van der Waals surface area (Å²) in [5.41, 5.74) is 3.79. The first-order valence-corrected chi connectivity index (χ1v) is 16.4. The summed E-state index contributed by atoms with van der Waals surface area (Å²) in [4.78, 5) is 29.7. The molecule has 0 aliphatic rings. The van der Waals surface area contributed by atoms with Crippen LogP contribution in [0.15, 0.2) is 108 Å². The molecule has 0 saturated carbocycles. The Morgan fingerprint density at radius 1 is 0.841 bits per heavy atom. The van der Waals surface area contributed by atoms with Crippen molar-refractivity contribution in [3.05, 3.63) is 130 Å². The molecule has 0 unspecified atom stereocenters. The van der Waals surface area contributed by atoms with Gasteiger partial charge in [0.05, 0.1) is 10.6 Å². The maximum absolute atomic E-state index is 14.4. The zero-order valence-electron chi connectivity index (χ0n) is 25.2. The highest BCUT2D eigenvalue weighted by Gasteiger charge is 2.34. The van der Waals surface area contributed by atoms with E-state index in [1.54, 1.807) is 36.4 Å². The van der Waals surface area contributed by atoms with Gasteiger partial charge < -0.3 is 10.2 Å². The van der Waals surface area contributed by atoms with Crippen LogP contribution in [0.2, 0.25) is 5.02 Å². The molecule has 2 amide bonds. The van der Waals surface area contributed by atoms with Gasteiger partial charge in [-0.15, -0.1) is 0 Å². The SMILES string of the molecule is CCCNC(=O)[C@@H](Cc1ccccc1)N(Cc1ccc(C)cc1)C(=O)CN(c1ccc(C)c(Cl)c1)S(=O)(=O)c1ccccc1. The number of benzene rings is 4. The van der Waals surface area contributed by atoms with Gasteiger partial charge in [-0.3, -0.25) is 13.9 Å². The third-order valence-corrected chi connectivity index (χ3v) is 9.54. The van der Waals surface area contributed by atoms with Crippen LogP contribution in [0.5, 0.6) is 0 Å². The van der Waals surface area contributed by atoms with Crippen molar-refractivity contribution in [3.8, 4) is 0 Å². The summed E-state index contributed by atoms with van der Waals surface area (Å²) in [6, 6.07) is 29.2. The predicted octanol–water partition coefficient (Wildman–Crippen LogP) is 6.32. The van der Waals surface area contributed by atoms with Gasteiger partial charge in [0.2, 0.25) is 11.8 Å². The van der Waals surface area contributed by atoms with Gasteiger partial charge in [0.1, 0.15) is 12.6 Å². The van der Waals surface area contributed by atoms with Crippen LogP contribution in [-0.2, 0) is 32.6 Å². The number of amides is 2. The highest BCUT2D eigenvalue weighted by Crippen LogP contribution is 2.29. The van der Waals surface area contributed by atoms with Crippen LogP contribution in [-0.4, -0.2) is 44.3 Å². The van der Waals surface area contributed by atoms with Gasteiger partial charge in [-0.1, -0.05) is 103 Å². The molecule has 0 radical (unpaired) electrons. The zero-order valence-corrected chi connectivity index (χ0v) is 26.8. The van der Waals surface area contributed by atoms with Crippen molar-refractivity contribution in [1.82, 2.24) is 10.2 Å². The van der Waals surface area contributed by atoms with Crippen molar-refractivity contribution in [2.45, 2.75) is 51.1 Å². The first-order chi connectivity index (χ1) is 21.1. The van der Waals surface area contributed by atoms with E-state index in [0.29, 0.717) is 11.6 Å². The van der Waals surface area contributed by atoms with E-state index in [9.17, 15) is 18.0 Å². The molecule has 0 aliphatic carbocycles. The van der Waals surface area contributed by atoms with Crippen LogP contribution in [0.1, 0.15) is 35.6 Å². The highest BCUT2D eigenvalue weighted by molar-refractivity contribution is 7.92. The number of hydrogen-bond donors (Lipinski definition) is 1. The second-order valence-corrected chi connectivity index (χ2v) is 13.0. The quantitative estimate of drug-likeness (QED) is 0.187. The van der Waals surface area contributed by atoms with Gasteiger partial charge in [-0.2, -0.15) is 0 Å². The minimum atomic E-state index is -4.18. The number of aryl methyl sites for hydroxylation is 2. The average molecular weight is 632 g/mol. The summed E-state index contributed by atoms with van der Waals surface area (Å²) < 4.78 is 29.2. The molecule has 0 spiro atoms. The minimum Gasteiger partial charge on any atom is -0.354 e. The van der Waals surface area contributed by atoms with E-state index in [4.69, 9.17) is 11.6 Å². The zero-order chi connectivity index (χ0) is 31.7. The highest BCUT2D eigenvalue weighted by atomic mass is 35.5. The summed E-state index contributed by atoms with van der Waals surface area (Å²) in [5, 5.41) is 3.33. The molecule has 0 saturated heterocycles. The molecule has 0 aromatic heterocycles. The first kappa shape index (κ1) is 32.8. The number of carbonyl (C=O) groups excluding carboxylic acids is 2. The molecule has 4 aromatic carbocycles. The van der Waals surface area contributed by atoms with E-state index in [0.717, 1.165) is 33.0 Å². The fourth-order valence-corrected chi connectivity index (χ4v) is 6.40. The number of sulfonamides is 1. The van der Waals surface area contributed by atoms with E-state index < -0.39 is 28.5 Å². The number of nitrogens with one attached hydrogen (secondary N) is 1. The van der Waals surface area contributed by atoms with Gasteiger partial charge in [0.15, 0.2) is 0 Å². The monoisotopic (exact) mass is 631 g/mol. The summed E-state index contributed by atoms with van der Waals surface area (Å²) in [6.45, 7) is 5.79. The lowest BCUT2D eigenvalue weighted by Gasteiger charge is -2.34. The molecule has 4 rings (SSSR count). The lowest BCUT2D eigenvalue weighted by Crippen LogP contribution is -2.53. The lowest BCUT2D eigenvalue weighted by atomic mass is 10.0. The third-order valence-electron chi connectivity index (χ3n) is 7.35. The van der Waals surface area contributed by atoms with Gasteiger partial charge in [-0.25, -0.2) is 8.42 Å². The van der Waals surface area contributed by atoms with Crippen molar-refractivity contribution in [1.29, 1.82) is 0 Å². The Morgan fingerprint density at radius 3 is 2.09 bits per heavy atom. The van der Waals surface area contributed by atoms with Crippen LogP contribution in [0.4, 0.5) is 5.69 Å². The fraction of sp³-hybridized carbons (Fsp3) is 0.257. The Kier molecular flexibility index (Phi) is 11.2. The summed E-state index contributed by atoms with van der Waals surface area (Å²) in [5.74, 6) is -0.818. The number of nitrogens with zero attached hydrogens (tertiary/aromatic N) is 2. The number of anilines is 1. The van der Waals surface area contributed by atoms with Crippen molar-refractivity contribution in [3.63, 3.8) is 0 Å². The molecule has 1 atom stereocenters. The van der Waals surface area contributed by atoms with E-state index in [1.807, 2.05) is 75.4 Å². The Bertz CT molecular complexity index is 1660. The maximum Gasteiger partial charge on any atom is 0.264 e. The fourth-order valence-electron chi connectivity index (χ4n) is 4.80. The Labute approximate surface area is 265 Å². The van der Waals surface area contributed by atoms with Gasteiger partial charge in [0, 0.05) is 24.5 Å². The topological polar surface area (TPSA) is 86.8 Å². The van der Waals surface area contributed by atoms with E-state index >= 15 is 0 Å². The molecule has 230 valence electrons. The van der Waals surface area contributed by atoms with Crippen LogP contribution >= 0.6 is 11.6 Å². The predicted molar refractivity (Wildman–Crippen MR) is 176 cm³/mol. The molecule has 44 heavy (non-hydrogen) atoms. The molecule has 1 N–H and O–H groups in total. The van der Waals surface area contributed by atoms with Crippen molar-refractivity contribution in [2.24, 2.45) is 0 Å². The largest absolute Gasteiger partial charge is 0.354 e. The summed E-state index contributed by atoms with van der Waals surface area (Å²) in [7, 11) is -4.18. The van der Waals surface area contributed by atoms with Crippen molar-refractivity contribution in [2.75, 3.05) is 17.4 Å². The smallest absolute Gasteiger partial charge is 0.264 e. The molecule has 0 fully saturated rings. The number of rotatable bonds is 13. The Balaban J connectivity index is 1.80. The molecule has 0 aliphatic heterocycles. The normalized spacial score (nSPS) is 11.9. The second-order valence-electron chi connectivity index (χ2n) is 10.8. The molecule has 4 aromatic rings. The van der Waals surface area contributed by atoms with Gasteiger partial charge >= 0.3 is 0 Å². The van der Waals surface area contributed by atoms with Crippen molar-refractivity contribution < 1.29 is 18.0 Å². The van der Waals surface area contributed by atoms with Gasteiger partial charge in [0.25, 0.3) is 10.0 Å². The average Bonchev–Trinajstić information content (AvgIpc) is 3.03. The second kappa shape index (κ2) is 15.0. The van der Waals surface area contributed by atoms with E-state index in [1.165, 1.54) is 17.0 Å². The first-order valence-electron chi connectivity index (χ1n) is 14.6. The number of halogens is 1. The van der Waals surface area contributed by atoms with Crippen LogP contribution in [0.3, 0.4) is 0 Å². The van der Waals surface area contributed by atoms with Crippen LogP contribution in [0.25, 0.3) is 0 Å². The maximum atomic E-state index is 14.4. The Morgan fingerprint density at radius 2 is 1.48 bits per heavy atom. The molecular weight excluding hydrogens is 594 g/mol. The minimum absolute atomic E-state index is 0.0381. The van der Waals surface area contributed by atoms with Crippen LogP contribution in [0, 0.1) is 13.8 Å². The third kappa shape index (κ3) is 8.27. The molecule has 7 nitrogen and oxygen atoms in total. The van der Waals surface area contributed by atoms with Crippen LogP contribution < -0.4 is 9.62 Å². The standard InChI is InChI=1S/C35H38ClN3O4S/c1-4-21-37-35(41)33(22-28-11-7-5-8-12-28)38(24-29-18-15-26(2)16-19-29)34(40)25-39(30-20-17-27(3)32(36)23-30)44(42,43)31-13-9-6-10-14-31/h5-20,23,33H,4,21-22,24-25H2,1-3H3,(H,37,41)/t33-/m1/s1. The van der Waals surface area contributed by atoms with Gasteiger partial charge in [-0.05, 0) is 61.2 Å². The van der Waals surface area contributed by atoms with E-state index in [-0.39, 0.29) is 29.5 Å². The molecule has 0 bridgehead atoms. The Hall–Kier alpha value is -4.14. The van der Waals surface area contributed by atoms with Crippen molar-refractivity contribution >= 4 is 39.1 Å². The molecule has 0 heterocycles. The number of hydrogen-bond acceptors (Lipinski definition) is 4. The number of carbonyl (C=O) groups is 2. The van der Waals surface area contributed by atoms with E-state index in [2.05, 4.69) is 5.32 Å². The summed E-state index contributed by atoms with van der Waals surface area (Å²) >= 11 is 6.43. The molecular formula is C35H38ClN3O4S. The lowest BCUT2D eigenvalue weighted by molar-refractivity contribution is -0.140. The summed E-state index contributed by atoms with van der Waals surface area (Å²) in [6.07, 6.45) is 0.989. The molecule has 9 heteroatoms.